The van der Waals surface area contributed by atoms with Crippen molar-refractivity contribution < 1.29 is 41.0 Å². The fourth-order valence-corrected chi connectivity index (χ4v) is 10.2. The molecule has 5 fully saturated rings. The maximum Gasteiger partial charge on any atom is 0.246 e. The zero-order valence-electron chi connectivity index (χ0n) is 31.5. The minimum atomic E-state index is -0.815. The van der Waals surface area contributed by atoms with Crippen LogP contribution in [0, 0.1) is 17.8 Å². The number of benzene rings is 3. The lowest BCUT2D eigenvalue weighted by Crippen LogP contribution is -3.00. The Morgan fingerprint density at radius 1 is 0.704 bits per heavy atom. The summed E-state index contributed by atoms with van der Waals surface area (Å²) in [6.45, 7) is 6.33. The Morgan fingerprint density at radius 2 is 1.26 bits per heavy atom. The summed E-state index contributed by atoms with van der Waals surface area (Å²) < 4.78 is 1.25. The first-order valence-electron chi connectivity index (χ1n) is 20.4. The minimum Gasteiger partial charge on any atom is -1.00 e. The molecule has 2 aliphatic carbocycles. The molecule has 8 nitrogen and oxygen atoms in total. The highest BCUT2D eigenvalue weighted by atomic mass is 79.9. The van der Waals surface area contributed by atoms with Crippen LogP contribution < -0.4 is 22.3 Å². The van der Waals surface area contributed by atoms with Gasteiger partial charge < -0.3 is 41.7 Å². The van der Waals surface area contributed by atoms with Gasteiger partial charge in [0, 0.05) is 50.2 Å². The lowest BCUT2D eigenvalue weighted by Gasteiger charge is -2.45. The highest BCUT2D eigenvalue weighted by Gasteiger charge is 2.48. The molecule has 8 rings (SSSR count). The van der Waals surface area contributed by atoms with Gasteiger partial charge in [0.1, 0.15) is 12.1 Å². The number of likely N-dealkylation sites (tertiary alicyclic amines) is 3. The van der Waals surface area contributed by atoms with Gasteiger partial charge in [-0.05, 0) is 68.1 Å². The summed E-state index contributed by atoms with van der Waals surface area (Å²) >= 11 is 0. The smallest absolute Gasteiger partial charge is 0.246 e. The van der Waals surface area contributed by atoms with Crippen LogP contribution in [0.2, 0.25) is 0 Å². The van der Waals surface area contributed by atoms with Crippen LogP contribution in [0.3, 0.4) is 0 Å². The van der Waals surface area contributed by atoms with Crippen LogP contribution >= 0.6 is 0 Å². The van der Waals surface area contributed by atoms with Crippen LogP contribution in [-0.4, -0.2) is 101 Å². The molecule has 0 radical (unpaired) electrons. The van der Waals surface area contributed by atoms with E-state index < -0.39 is 23.6 Å². The van der Waals surface area contributed by atoms with Crippen molar-refractivity contribution in [3.63, 3.8) is 0 Å². The number of aliphatic hydroxyl groups excluding tert-OH is 1. The van der Waals surface area contributed by atoms with Crippen molar-refractivity contribution in [3.05, 3.63) is 108 Å². The molecule has 3 amide bonds. The van der Waals surface area contributed by atoms with E-state index in [1.807, 2.05) is 54.6 Å². The van der Waals surface area contributed by atoms with Crippen LogP contribution in [0.5, 0.6) is 0 Å². The maximum atomic E-state index is 14.7. The number of piperidine rings is 1. The van der Waals surface area contributed by atoms with Crippen molar-refractivity contribution >= 4 is 17.7 Å². The topological polar surface area (TPSA) is 89.9 Å². The molecule has 3 aromatic carbocycles. The molecule has 2 saturated carbocycles. The van der Waals surface area contributed by atoms with E-state index >= 15 is 0 Å². The molecule has 54 heavy (non-hydrogen) atoms. The number of hydrogen-bond acceptors (Lipinski definition) is 4. The average Bonchev–Trinajstić information content (AvgIpc) is 4.10. The fourth-order valence-electron chi connectivity index (χ4n) is 10.2. The zero-order chi connectivity index (χ0) is 36.4. The number of aliphatic hydroxyl groups is 1. The van der Waals surface area contributed by atoms with Crippen molar-refractivity contribution in [3.8, 4) is 0 Å². The first-order valence-corrected chi connectivity index (χ1v) is 20.4. The molecule has 3 saturated heterocycles. The summed E-state index contributed by atoms with van der Waals surface area (Å²) in [4.78, 5) is 46.3. The average molecular weight is 798 g/mol. The Hall–Kier alpha value is -3.53. The van der Waals surface area contributed by atoms with Crippen molar-refractivity contribution in [2.24, 2.45) is 17.8 Å². The van der Waals surface area contributed by atoms with Gasteiger partial charge in [0.25, 0.3) is 0 Å². The number of nitrogens with one attached hydrogen (secondary N) is 1. The third kappa shape index (κ3) is 8.34. The van der Waals surface area contributed by atoms with E-state index in [2.05, 4.69) is 41.7 Å². The van der Waals surface area contributed by atoms with E-state index in [-0.39, 0.29) is 54.1 Å². The fraction of sp³-hybridized carbons (Fsp3) is 0.533. The summed E-state index contributed by atoms with van der Waals surface area (Å²) in [6, 6.07) is 28.9. The van der Waals surface area contributed by atoms with E-state index in [0.717, 1.165) is 47.9 Å². The second-order valence-electron chi connectivity index (χ2n) is 17.1. The summed E-state index contributed by atoms with van der Waals surface area (Å²) in [5.41, 5.74) is 2.14. The van der Waals surface area contributed by atoms with Gasteiger partial charge in [-0.1, -0.05) is 91.0 Å². The van der Waals surface area contributed by atoms with Gasteiger partial charge >= 0.3 is 0 Å². The first-order chi connectivity index (χ1) is 25.8. The molecule has 3 heterocycles. The van der Waals surface area contributed by atoms with E-state index in [1.165, 1.54) is 56.2 Å². The van der Waals surface area contributed by atoms with Crippen molar-refractivity contribution in [2.45, 2.75) is 87.8 Å². The number of quaternary nitrogens is 1. The molecule has 0 unspecified atom stereocenters. The Morgan fingerprint density at radius 3 is 1.80 bits per heavy atom. The monoisotopic (exact) mass is 796 g/mol. The summed E-state index contributed by atoms with van der Waals surface area (Å²) in [7, 11) is 0. The zero-order valence-corrected chi connectivity index (χ0v) is 33.1. The van der Waals surface area contributed by atoms with Crippen molar-refractivity contribution in [1.29, 1.82) is 0 Å². The molecule has 9 heteroatoms. The van der Waals surface area contributed by atoms with Gasteiger partial charge in [-0.15, -0.1) is 0 Å². The van der Waals surface area contributed by atoms with Gasteiger partial charge in [-0.2, -0.15) is 0 Å². The predicted octanol–water partition coefficient (Wildman–Crippen LogP) is 2.53. The van der Waals surface area contributed by atoms with E-state index in [4.69, 9.17) is 0 Å². The lowest BCUT2D eigenvalue weighted by atomic mass is 9.67. The molecular formula is C45H57BrN4O4. The van der Waals surface area contributed by atoms with Crippen LogP contribution in [-0.2, 0) is 19.8 Å². The molecule has 0 spiro atoms. The number of hydrogen-bond donors (Lipinski definition) is 2. The standard InChI is InChI=1S/C45H56N4O4.BrH/c50-39-26-41(48(29-39)42(51)27-45(36-13-4-1-5-14-36,37-15-6-2-7-16-37)38-17-8-3-9-18-38)44(53)47-24-10-19-40(47)43(52)46-28-35-12-11-25-49(32-35,30-33-20-21-33)31-34-22-23-34;/h1-9,13-18,33-35,39-41,50H,10-12,19-32H2;1H/t35-,39-,40-,41+;/m1./s1. The second kappa shape index (κ2) is 16.7. The van der Waals surface area contributed by atoms with Gasteiger partial charge in [-0.25, -0.2) is 0 Å². The Labute approximate surface area is 331 Å². The number of carbonyl (C=O) groups excluding carboxylic acids is 3. The quantitative estimate of drug-likeness (QED) is 0.206. The minimum absolute atomic E-state index is 0. The first kappa shape index (κ1) is 38.7. The molecule has 4 atom stereocenters. The Balaban J connectivity index is 0.00000450. The van der Waals surface area contributed by atoms with Gasteiger partial charge in [0.15, 0.2) is 0 Å². The van der Waals surface area contributed by atoms with Crippen LogP contribution in [0.25, 0.3) is 0 Å². The molecule has 5 aliphatic rings. The number of amides is 3. The molecule has 3 aromatic rings. The molecule has 2 N–H and O–H groups in total. The third-order valence-electron chi connectivity index (χ3n) is 13.1. The molecule has 0 aromatic heterocycles. The van der Waals surface area contributed by atoms with Gasteiger partial charge in [0.05, 0.1) is 37.7 Å². The van der Waals surface area contributed by atoms with E-state index in [0.29, 0.717) is 25.4 Å². The Kier molecular flexibility index (Phi) is 12.0. The van der Waals surface area contributed by atoms with Gasteiger partial charge in [0.2, 0.25) is 17.7 Å². The molecule has 3 aliphatic heterocycles. The number of nitrogens with zero attached hydrogens (tertiary/aromatic N) is 3. The molecular weight excluding hydrogens is 740 g/mol. The third-order valence-corrected chi connectivity index (χ3v) is 13.1. The van der Waals surface area contributed by atoms with Crippen LogP contribution in [0.15, 0.2) is 91.0 Å². The summed E-state index contributed by atoms with van der Waals surface area (Å²) in [5, 5.41) is 14.3. The van der Waals surface area contributed by atoms with Crippen LogP contribution in [0.1, 0.15) is 80.9 Å². The maximum absolute atomic E-state index is 14.7. The number of rotatable bonds is 13. The number of carbonyl (C=O) groups is 3. The largest absolute Gasteiger partial charge is 1.00 e. The van der Waals surface area contributed by atoms with Crippen LogP contribution in [0.4, 0.5) is 0 Å². The SMILES string of the molecule is O=C(NC[C@H]1CCC[N+](CC2CC2)(CC2CC2)C1)[C@H]1CCCN1C(=O)[C@@H]1C[C@@H](O)CN1C(=O)CC(c1ccccc1)(c1ccccc1)c1ccccc1.[Br-]. The molecule has 0 bridgehead atoms. The summed E-state index contributed by atoms with van der Waals surface area (Å²) in [6.07, 6.45) is 8.73. The number of β-amino-alcohol motifs (C(OH)–C–C–N with tert-alkyl or cyclic N) is 1. The normalized spacial score (nSPS) is 25.2. The molecule has 288 valence electrons. The highest BCUT2D eigenvalue weighted by molar-refractivity contribution is 5.93. The predicted molar refractivity (Wildman–Crippen MR) is 206 cm³/mol. The van der Waals surface area contributed by atoms with Gasteiger partial charge in [-0.3, -0.25) is 14.4 Å². The van der Waals surface area contributed by atoms with E-state index in [9.17, 15) is 19.5 Å². The summed E-state index contributed by atoms with van der Waals surface area (Å²) in [5.74, 6) is 1.77. The Bertz CT molecular complexity index is 1620. The van der Waals surface area contributed by atoms with Crippen molar-refractivity contribution in [1.82, 2.24) is 15.1 Å². The van der Waals surface area contributed by atoms with E-state index in [1.54, 1.807) is 9.80 Å². The second-order valence-corrected chi connectivity index (χ2v) is 17.1. The highest BCUT2D eigenvalue weighted by Crippen LogP contribution is 2.44. The number of halogens is 1. The lowest BCUT2D eigenvalue weighted by molar-refractivity contribution is -0.939. The van der Waals surface area contributed by atoms with Crippen molar-refractivity contribution in [2.75, 3.05) is 45.8 Å².